The highest BCUT2D eigenvalue weighted by Crippen LogP contribution is 2.28. The number of aryl methyl sites for hydroxylation is 4. The molecule has 4 aromatic rings. The summed E-state index contributed by atoms with van der Waals surface area (Å²) in [5.74, 6) is 1.20. The first-order valence-electron chi connectivity index (χ1n) is 9.69. The molecule has 2 aromatic heterocycles. The fourth-order valence-electron chi connectivity index (χ4n) is 3.29. The van der Waals surface area contributed by atoms with E-state index in [1.54, 1.807) is 13.1 Å². The first kappa shape index (κ1) is 12.4. The van der Waals surface area contributed by atoms with Gasteiger partial charge in [-0.25, -0.2) is 9.55 Å². The number of rotatable bonds is 2. The van der Waals surface area contributed by atoms with E-state index in [9.17, 15) is 0 Å². The van der Waals surface area contributed by atoms with Gasteiger partial charge in [0.2, 0.25) is 5.82 Å². The highest BCUT2D eigenvalue weighted by atomic mass is 15.2. The zero-order valence-corrected chi connectivity index (χ0v) is 14.5. The van der Waals surface area contributed by atoms with Crippen molar-refractivity contribution >= 4 is 11.0 Å². The third-order valence-corrected chi connectivity index (χ3v) is 4.48. The Kier molecular flexibility index (Phi) is 2.87. The van der Waals surface area contributed by atoms with Gasteiger partial charge in [0.05, 0.1) is 24.5 Å². The van der Waals surface area contributed by atoms with Gasteiger partial charge in [-0.2, -0.15) is 4.57 Å². The number of para-hydroxylation sites is 2. The van der Waals surface area contributed by atoms with Crippen LogP contribution in [-0.2, 0) is 7.05 Å². The van der Waals surface area contributed by atoms with E-state index in [4.69, 9.17) is 4.11 Å². The molecule has 0 aliphatic heterocycles. The maximum Gasteiger partial charge on any atom is 0.296 e. The van der Waals surface area contributed by atoms with E-state index >= 15 is 0 Å². The molecule has 0 atom stereocenters. The summed E-state index contributed by atoms with van der Waals surface area (Å²) in [5, 5.41) is 0. The molecule has 4 heteroatoms. The Hall–Kier alpha value is -3.01. The van der Waals surface area contributed by atoms with E-state index < -0.39 is 6.85 Å². The molecule has 2 heterocycles. The Bertz CT molecular complexity index is 1190. The van der Waals surface area contributed by atoms with Gasteiger partial charge in [0.15, 0.2) is 11.0 Å². The Morgan fingerprint density at radius 2 is 1.80 bits per heavy atom. The standard InChI is InChI=1S/C21H21N4/c1-14-9-5-6-10-17(14)21-24(4)18-11-7-8-12-19(18)25(21)20-16(3)23-15(2)13-22-20/h5-13H,1-4H3/q+1/i3D3. The smallest absolute Gasteiger partial charge is 0.251 e. The summed E-state index contributed by atoms with van der Waals surface area (Å²) in [6.45, 7) is 1.42. The van der Waals surface area contributed by atoms with Gasteiger partial charge >= 0.3 is 0 Å². The highest BCUT2D eigenvalue weighted by molar-refractivity contribution is 5.79. The summed E-state index contributed by atoms with van der Waals surface area (Å²) in [7, 11) is 1.98. The summed E-state index contributed by atoms with van der Waals surface area (Å²) in [6, 6.07) is 16.0. The molecule has 25 heavy (non-hydrogen) atoms. The van der Waals surface area contributed by atoms with Gasteiger partial charge in [-0.15, -0.1) is 0 Å². The number of hydrogen-bond donors (Lipinski definition) is 0. The van der Waals surface area contributed by atoms with Crippen LogP contribution in [0.5, 0.6) is 0 Å². The van der Waals surface area contributed by atoms with Crippen LogP contribution in [0.2, 0.25) is 0 Å². The fourth-order valence-corrected chi connectivity index (χ4v) is 3.29. The Morgan fingerprint density at radius 1 is 1.04 bits per heavy atom. The number of imidazole rings is 1. The lowest BCUT2D eigenvalue weighted by Crippen LogP contribution is -2.30. The minimum absolute atomic E-state index is 0.00341. The largest absolute Gasteiger partial charge is 0.296 e. The molecule has 124 valence electrons. The van der Waals surface area contributed by atoms with Crippen LogP contribution in [-0.4, -0.2) is 14.5 Å². The highest BCUT2D eigenvalue weighted by Gasteiger charge is 2.28. The average Bonchev–Trinajstić information content (AvgIpc) is 2.94. The van der Waals surface area contributed by atoms with Crippen LogP contribution in [0.1, 0.15) is 21.1 Å². The van der Waals surface area contributed by atoms with Crippen LogP contribution in [0.3, 0.4) is 0 Å². The normalized spacial score (nSPS) is 13.5. The molecule has 0 fully saturated rings. The van der Waals surface area contributed by atoms with Crippen LogP contribution in [0.15, 0.2) is 54.7 Å². The van der Waals surface area contributed by atoms with E-state index in [2.05, 4.69) is 14.5 Å². The molecule has 4 nitrogen and oxygen atoms in total. The number of hydrogen-bond acceptors (Lipinski definition) is 2. The molecule has 0 bridgehead atoms. The molecule has 0 aliphatic rings. The van der Waals surface area contributed by atoms with Crippen molar-refractivity contribution in [2.75, 3.05) is 0 Å². The molecule has 0 radical (unpaired) electrons. The second kappa shape index (κ2) is 5.81. The van der Waals surface area contributed by atoms with Crippen molar-refractivity contribution in [3.05, 3.63) is 71.7 Å². The van der Waals surface area contributed by atoms with E-state index in [0.717, 1.165) is 28.0 Å². The van der Waals surface area contributed by atoms with Crippen molar-refractivity contribution in [3.8, 4) is 17.2 Å². The second-order valence-corrected chi connectivity index (χ2v) is 6.21. The van der Waals surface area contributed by atoms with E-state index in [1.165, 1.54) is 0 Å². The van der Waals surface area contributed by atoms with Crippen LogP contribution < -0.4 is 4.57 Å². The van der Waals surface area contributed by atoms with Gasteiger partial charge in [0.25, 0.3) is 5.82 Å². The summed E-state index contributed by atoms with van der Waals surface area (Å²) in [5.41, 5.74) is 4.56. The van der Waals surface area contributed by atoms with E-state index in [-0.39, 0.29) is 5.69 Å². The molecule has 0 saturated heterocycles. The number of benzene rings is 2. The van der Waals surface area contributed by atoms with Crippen LogP contribution in [0, 0.1) is 20.7 Å². The zero-order chi connectivity index (χ0) is 20.1. The summed E-state index contributed by atoms with van der Waals surface area (Å²) in [6.07, 6.45) is 1.61. The first-order valence-corrected chi connectivity index (χ1v) is 8.19. The maximum absolute atomic E-state index is 8.00. The molecule has 0 amide bonds. The Morgan fingerprint density at radius 3 is 2.60 bits per heavy atom. The van der Waals surface area contributed by atoms with E-state index in [0.29, 0.717) is 11.5 Å². The Labute approximate surface area is 151 Å². The number of aromatic nitrogens is 4. The molecule has 2 aromatic carbocycles. The summed E-state index contributed by atoms with van der Waals surface area (Å²) < 4.78 is 28.0. The number of nitrogens with zero attached hydrogens (tertiary/aromatic N) is 4. The van der Waals surface area contributed by atoms with Gasteiger partial charge in [0.1, 0.15) is 5.69 Å². The van der Waals surface area contributed by atoms with Gasteiger partial charge in [0, 0.05) is 4.11 Å². The average molecular weight is 332 g/mol. The lowest BCUT2D eigenvalue weighted by atomic mass is 10.1. The maximum atomic E-state index is 8.00. The minimum Gasteiger partial charge on any atom is -0.251 e. The predicted molar refractivity (Wildman–Crippen MR) is 99.7 cm³/mol. The number of fused-ring (bicyclic) bond motifs is 1. The van der Waals surface area contributed by atoms with Gasteiger partial charge in [-0.05, 0) is 44.5 Å². The lowest BCUT2D eigenvalue weighted by molar-refractivity contribution is -0.633. The third kappa shape index (κ3) is 2.41. The molecule has 0 saturated carbocycles. The molecule has 0 unspecified atom stereocenters. The summed E-state index contributed by atoms with van der Waals surface area (Å²) in [4.78, 5) is 8.86. The van der Waals surface area contributed by atoms with Crippen molar-refractivity contribution in [2.24, 2.45) is 7.05 Å². The topological polar surface area (TPSA) is 34.6 Å². The molecule has 0 aliphatic carbocycles. The Balaban J connectivity index is 2.18. The third-order valence-electron chi connectivity index (χ3n) is 4.48. The van der Waals surface area contributed by atoms with Crippen molar-refractivity contribution in [1.29, 1.82) is 0 Å². The van der Waals surface area contributed by atoms with Crippen LogP contribution >= 0.6 is 0 Å². The second-order valence-electron chi connectivity index (χ2n) is 6.21. The summed E-state index contributed by atoms with van der Waals surface area (Å²) >= 11 is 0. The SMILES string of the molecule is [2H]C([2H])([2H])c1nc(C)cnc1-n1c(-c2ccccc2C)[n+](C)c2ccccc21. The van der Waals surface area contributed by atoms with Crippen LogP contribution in [0.25, 0.3) is 28.2 Å². The minimum atomic E-state index is -2.37. The molecule has 0 N–H and O–H groups in total. The zero-order valence-electron chi connectivity index (χ0n) is 17.5. The first-order chi connectivity index (χ1) is 13.3. The van der Waals surface area contributed by atoms with Crippen molar-refractivity contribution < 1.29 is 8.68 Å². The quantitative estimate of drug-likeness (QED) is 0.523. The van der Waals surface area contributed by atoms with Gasteiger partial charge in [-0.3, -0.25) is 4.98 Å². The molecule has 0 spiro atoms. The van der Waals surface area contributed by atoms with Gasteiger partial charge < -0.3 is 0 Å². The van der Waals surface area contributed by atoms with Crippen LogP contribution in [0.4, 0.5) is 0 Å². The lowest BCUT2D eigenvalue weighted by Gasteiger charge is -2.07. The van der Waals surface area contributed by atoms with E-state index in [1.807, 2.05) is 67.1 Å². The van der Waals surface area contributed by atoms with Crippen molar-refractivity contribution in [3.63, 3.8) is 0 Å². The molecule has 4 rings (SSSR count). The van der Waals surface area contributed by atoms with Crippen molar-refractivity contribution in [2.45, 2.75) is 20.7 Å². The fraction of sp³-hybridized carbons (Fsp3) is 0.190. The molecular formula is C21H21N4+. The monoisotopic (exact) mass is 332 g/mol. The van der Waals surface area contributed by atoms with Gasteiger partial charge in [-0.1, -0.05) is 30.3 Å². The molecular weight excluding hydrogens is 308 g/mol. The predicted octanol–water partition coefficient (Wildman–Crippen LogP) is 3.84. The van der Waals surface area contributed by atoms with Crippen molar-refractivity contribution in [1.82, 2.24) is 14.5 Å².